The molecule has 116 valence electrons. The van der Waals surface area contributed by atoms with Gasteiger partial charge in [-0.25, -0.2) is 0 Å². The van der Waals surface area contributed by atoms with Gasteiger partial charge >= 0.3 is 5.97 Å². The first-order valence-electron chi connectivity index (χ1n) is 6.69. The van der Waals surface area contributed by atoms with Crippen molar-refractivity contribution < 1.29 is 9.90 Å². The van der Waals surface area contributed by atoms with Gasteiger partial charge in [-0.2, -0.15) is 9.78 Å². The summed E-state index contributed by atoms with van der Waals surface area (Å²) in [6.07, 6.45) is 3.35. The fourth-order valence-corrected chi connectivity index (χ4v) is 2.57. The molecule has 0 aliphatic rings. The molecule has 1 N–H and O–H groups in total. The first-order valence-corrected chi connectivity index (χ1v) is 8.46. The molecule has 0 amide bonds. The molecule has 0 saturated heterocycles. The van der Waals surface area contributed by atoms with Gasteiger partial charge in [-0.15, -0.1) is 10.2 Å². The normalized spacial score (nSPS) is 11.2. The van der Waals surface area contributed by atoms with Gasteiger partial charge in [0.15, 0.2) is 5.82 Å². The Morgan fingerprint density at radius 3 is 2.77 bits per heavy atom. The Kier molecular flexibility index (Phi) is 6.14. The van der Waals surface area contributed by atoms with Crippen molar-refractivity contribution in [2.24, 2.45) is 5.10 Å². The van der Waals surface area contributed by atoms with Crippen LogP contribution >= 0.6 is 27.7 Å². The number of carboxylic acid groups (broad SMARTS) is 1. The number of halogens is 1. The summed E-state index contributed by atoms with van der Waals surface area (Å²) >= 11 is 4.49. The van der Waals surface area contributed by atoms with Gasteiger partial charge < -0.3 is 5.11 Å². The molecular weight excluding hydrogens is 368 g/mol. The average molecular weight is 383 g/mol. The van der Waals surface area contributed by atoms with Gasteiger partial charge in [-0.1, -0.05) is 46.7 Å². The minimum Gasteiger partial charge on any atom is -0.481 e. The number of aromatic nitrogens is 3. The molecule has 0 atom stereocenters. The molecule has 0 radical (unpaired) electrons. The summed E-state index contributed by atoms with van der Waals surface area (Å²) in [5.74, 6) is -0.241. The molecule has 6 nitrogen and oxygen atoms in total. The van der Waals surface area contributed by atoms with E-state index in [-0.39, 0.29) is 5.75 Å². The van der Waals surface area contributed by atoms with E-state index < -0.39 is 5.97 Å². The number of rotatable bonds is 7. The maximum absolute atomic E-state index is 10.7. The number of nitrogens with zero attached hydrogens (tertiary/aromatic N) is 4. The van der Waals surface area contributed by atoms with E-state index in [1.807, 2.05) is 31.2 Å². The molecule has 0 unspecified atom stereocenters. The Hall–Kier alpha value is -1.67. The summed E-state index contributed by atoms with van der Waals surface area (Å²) in [6, 6.07) is 7.73. The van der Waals surface area contributed by atoms with E-state index in [4.69, 9.17) is 5.11 Å². The Bertz CT molecular complexity index is 670. The molecule has 8 heteroatoms. The van der Waals surface area contributed by atoms with E-state index in [0.29, 0.717) is 5.16 Å². The average Bonchev–Trinajstić information content (AvgIpc) is 2.87. The highest BCUT2D eigenvalue weighted by atomic mass is 79.9. The second-order valence-corrected chi connectivity index (χ2v) is 6.30. The third-order valence-corrected chi connectivity index (χ3v) is 4.10. The fraction of sp³-hybridized carbons (Fsp3) is 0.286. The summed E-state index contributed by atoms with van der Waals surface area (Å²) in [4.78, 5) is 10.7. The molecule has 0 spiro atoms. The number of aryl methyl sites for hydroxylation is 1. The lowest BCUT2D eigenvalue weighted by Crippen LogP contribution is -2.03. The van der Waals surface area contributed by atoms with Gasteiger partial charge in [0, 0.05) is 10.9 Å². The lowest BCUT2D eigenvalue weighted by atomic mass is 10.2. The lowest BCUT2D eigenvalue weighted by Gasteiger charge is -2.02. The largest absolute Gasteiger partial charge is 0.481 e. The minimum absolute atomic E-state index is 0.0714. The van der Waals surface area contributed by atoms with Crippen LogP contribution in [0.15, 0.2) is 39.0 Å². The van der Waals surface area contributed by atoms with Crippen LogP contribution in [0.25, 0.3) is 0 Å². The van der Waals surface area contributed by atoms with Crippen LogP contribution in [0.5, 0.6) is 0 Å². The molecule has 0 aliphatic carbocycles. The van der Waals surface area contributed by atoms with E-state index in [2.05, 4.69) is 31.2 Å². The van der Waals surface area contributed by atoms with Crippen LogP contribution in [0.1, 0.15) is 24.7 Å². The summed E-state index contributed by atoms with van der Waals surface area (Å²) in [5.41, 5.74) is 0.938. The summed E-state index contributed by atoms with van der Waals surface area (Å²) in [7, 11) is 0. The zero-order valence-electron chi connectivity index (χ0n) is 11.9. The van der Waals surface area contributed by atoms with E-state index in [9.17, 15) is 4.79 Å². The van der Waals surface area contributed by atoms with E-state index in [1.165, 1.54) is 0 Å². The van der Waals surface area contributed by atoms with Gasteiger partial charge in [-0.3, -0.25) is 4.79 Å². The van der Waals surface area contributed by atoms with Gasteiger partial charge in [-0.05, 0) is 24.1 Å². The van der Waals surface area contributed by atoms with E-state index >= 15 is 0 Å². The number of carboxylic acids is 1. The monoisotopic (exact) mass is 382 g/mol. The van der Waals surface area contributed by atoms with Crippen molar-refractivity contribution in [3.63, 3.8) is 0 Å². The predicted molar refractivity (Wildman–Crippen MR) is 89.5 cm³/mol. The van der Waals surface area contributed by atoms with Gasteiger partial charge in [0.05, 0.1) is 12.0 Å². The molecule has 22 heavy (non-hydrogen) atoms. The van der Waals surface area contributed by atoms with Crippen LogP contribution in [0.4, 0.5) is 0 Å². The fourth-order valence-electron chi connectivity index (χ4n) is 1.68. The topological polar surface area (TPSA) is 80.4 Å². The minimum atomic E-state index is -0.895. The van der Waals surface area contributed by atoms with Crippen molar-refractivity contribution in [3.05, 3.63) is 40.1 Å². The molecule has 1 aromatic heterocycles. The Morgan fingerprint density at radius 2 is 2.14 bits per heavy atom. The van der Waals surface area contributed by atoms with Gasteiger partial charge in [0.25, 0.3) is 0 Å². The molecule has 0 aliphatic heterocycles. The Morgan fingerprint density at radius 1 is 1.41 bits per heavy atom. The first-order chi connectivity index (χ1) is 10.6. The standard InChI is InChI=1S/C14H15BrN4O2S/c1-2-3-12-17-18-14(22-9-13(20)21)19(12)16-8-10-4-6-11(15)7-5-10/h4-8H,2-3,9H2,1H3,(H,20,21). The number of carbonyl (C=O) groups is 1. The maximum Gasteiger partial charge on any atom is 0.313 e. The highest BCUT2D eigenvalue weighted by Gasteiger charge is 2.12. The Labute approximate surface area is 140 Å². The van der Waals surface area contributed by atoms with Crippen LogP contribution in [-0.4, -0.2) is 37.9 Å². The molecule has 2 rings (SSSR count). The number of hydrogen-bond donors (Lipinski definition) is 1. The maximum atomic E-state index is 10.7. The van der Waals surface area contributed by atoms with Crippen molar-refractivity contribution in [3.8, 4) is 0 Å². The molecule has 1 aromatic carbocycles. The highest BCUT2D eigenvalue weighted by molar-refractivity contribution is 9.10. The number of aliphatic carboxylic acids is 1. The molecule has 0 saturated carbocycles. The van der Waals surface area contributed by atoms with Crippen LogP contribution in [0.2, 0.25) is 0 Å². The zero-order valence-corrected chi connectivity index (χ0v) is 14.3. The van der Waals surface area contributed by atoms with E-state index in [1.54, 1.807) is 10.9 Å². The van der Waals surface area contributed by atoms with Crippen molar-refractivity contribution in [2.45, 2.75) is 24.9 Å². The van der Waals surface area contributed by atoms with Crippen LogP contribution in [-0.2, 0) is 11.2 Å². The third-order valence-electron chi connectivity index (χ3n) is 2.67. The van der Waals surface area contributed by atoms with Gasteiger partial charge in [0.1, 0.15) is 0 Å². The zero-order chi connectivity index (χ0) is 15.9. The van der Waals surface area contributed by atoms with Crippen molar-refractivity contribution in [1.82, 2.24) is 14.9 Å². The smallest absolute Gasteiger partial charge is 0.313 e. The number of benzene rings is 1. The Balaban J connectivity index is 2.23. The summed E-state index contributed by atoms with van der Waals surface area (Å²) in [6.45, 7) is 2.04. The lowest BCUT2D eigenvalue weighted by molar-refractivity contribution is -0.133. The van der Waals surface area contributed by atoms with E-state index in [0.717, 1.165) is 40.5 Å². The number of thioether (sulfide) groups is 1. The number of hydrogen-bond acceptors (Lipinski definition) is 5. The molecule has 1 heterocycles. The van der Waals surface area contributed by atoms with Crippen molar-refractivity contribution >= 4 is 39.9 Å². The second kappa shape index (κ2) is 8.09. The molecular formula is C14H15BrN4O2S. The quantitative estimate of drug-likeness (QED) is 0.587. The molecule has 2 aromatic rings. The molecule has 0 fully saturated rings. The summed E-state index contributed by atoms with van der Waals surface area (Å²) in [5, 5.41) is 21.8. The first kappa shape index (κ1) is 16.7. The van der Waals surface area contributed by atoms with Crippen LogP contribution in [0, 0.1) is 0 Å². The highest BCUT2D eigenvalue weighted by Crippen LogP contribution is 2.18. The van der Waals surface area contributed by atoms with Gasteiger partial charge in [0.2, 0.25) is 5.16 Å². The van der Waals surface area contributed by atoms with Crippen molar-refractivity contribution in [1.29, 1.82) is 0 Å². The van der Waals surface area contributed by atoms with Crippen LogP contribution < -0.4 is 0 Å². The van der Waals surface area contributed by atoms with Crippen molar-refractivity contribution in [2.75, 3.05) is 5.75 Å². The SMILES string of the molecule is CCCc1nnc(SCC(=O)O)n1N=Cc1ccc(Br)cc1. The van der Waals surface area contributed by atoms with Crippen LogP contribution in [0.3, 0.4) is 0 Å². The summed E-state index contributed by atoms with van der Waals surface area (Å²) < 4.78 is 2.61. The second-order valence-electron chi connectivity index (χ2n) is 4.44. The predicted octanol–water partition coefficient (Wildman–Crippen LogP) is 3.05. The molecule has 0 bridgehead atoms. The third kappa shape index (κ3) is 4.67.